The molecule has 0 saturated carbocycles. The van der Waals surface area contributed by atoms with Crippen LogP contribution >= 0.6 is 35.5 Å². The summed E-state index contributed by atoms with van der Waals surface area (Å²) in [5, 5.41) is 19.8. The van der Waals surface area contributed by atoms with Crippen molar-refractivity contribution in [3.05, 3.63) is 63.5 Å². The van der Waals surface area contributed by atoms with E-state index in [1.54, 1.807) is 26.4 Å². The van der Waals surface area contributed by atoms with Gasteiger partial charge in [0, 0.05) is 59.9 Å². The number of rotatable bonds is 10. The number of carbonyl (C=O) groups is 1. The highest BCUT2D eigenvalue weighted by molar-refractivity contribution is 8.12. The van der Waals surface area contributed by atoms with Gasteiger partial charge in [0.25, 0.3) is 5.91 Å². The minimum atomic E-state index is -0.276. The van der Waals surface area contributed by atoms with Crippen molar-refractivity contribution in [2.24, 2.45) is 9.39 Å². The van der Waals surface area contributed by atoms with Gasteiger partial charge in [0.05, 0.1) is 5.57 Å². The number of aromatic amines is 1. The van der Waals surface area contributed by atoms with Crippen molar-refractivity contribution in [2.75, 3.05) is 13.7 Å². The molecule has 0 bridgehead atoms. The number of H-pyrrole nitrogens is 1. The molecule has 186 valence electrons. The first-order valence-electron chi connectivity index (χ1n) is 10.6. The minimum absolute atomic E-state index is 0.0427. The molecule has 0 aromatic carbocycles. The molecule has 2 aromatic heterocycles. The van der Waals surface area contributed by atoms with Crippen LogP contribution in [0.5, 0.6) is 0 Å². The number of aliphatic hydroxyl groups excluding tert-OH is 1. The van der Waals surface area contributed by atoms with E-state index in [-0.39, 0.29) is 12.5 Å². The molecule has 9 nitrogen and oxygen atoms in total. The SMILES string of the molecule is C/C=N/SC(=NC)NC(=O)C(=C(C)C)/C(=C\C=C(/C)Sc1ncn[nH]1)Sc1ccc(CCO)nc1. The largest absolute Gasteiger partial charge is 0.396 e. The second-order valence-electron chi connectivity index (χ2n) is 7.07. The summed E-state index contributed by atoms with van der Waals surface area (Å²) in [5.41, 5.74) is 2.18. The molecule has 12 heteroatoms. The second kappa shape index (κ2) is 15.4. The molecule has 0 saturated heterocycles. The van der Waals surface area contributed by atoms with Crippen LogP contribution in [-0.4, -0.2) is 56.2 Å². The number of carbonyl (C=O) groups excluding carboxylic acids is 1. The van der Waals surface area contributed by atoms with E-state index in [4.69, 9.17) is 5.11 Å². The van der Waals surface area contributed by atoms with Gasteiger partial charge in [0.15, 0.2) is 10.3 Å². The average molecular weight is 532 g/mol. The number of amides is 1. The van der Waals surface area contributed by atoms with Crippen molar-refractivity contribution >= 4 is 52.8 Å². The van der Waals surface area contributed by atoms with Crippen LogP contribution in [0, 0.1) is 0 Å². The maximum Gasteiger partial charge on any atom is 0.258 e. The molecule has 2 heterocycles. The van der Waals surface area contributed by atoms with Crippen LogP contribution in [-0.2, 0) is 11.2 Å². The fourth-order valence-electron chi connectivity index (χ4n) is 2.62. The molecule has 0 unspecified atom stereocenters. The van der Waals surface area contributed by atoms with Gasteiger partial charge in [-0.3, -0.25) is 25.2 Å². The summed E-state index contributed by atoms with van der Waals surface area (Å²) < 4.78 is 4.09. The number of thioether (sulfide) groups is 2. The lowest BCUT2D eigenvalue weighted by Gasteiger charge is -2.14. The third kappa shape index (κ3) is 9.84. The van der Waals surface area contributed by atoms with Gasteiger partial charge in [0.1, 0.15) is 6.33 Å². The lowest BCUT2D eigenvalue weighted by molar-refractivity contribution is -0.115. The zero-order chi connectivity index (χ0) is 25.6. The lowest BCUT2D eigenvalue weighted by Crippen LogP contribution is -2.30. The molecule has 3 N–H and O–H groups in total. The molecule has 35 heavy (non-hydrogen) atoms. The number of aliphatic hydroxyl groups is 1. The smallest absolute Gasteiger partial charge is 0.258 e. The molecule has 1 amide bonds. The summed E-state index contributed by atoms with van der Waals surface area (Å²) in [6.07, 6.45) is 9.18. The summed E-state index contributed by atoms with van der Waals surface area (Å²) in [4.78, 5) is 28.6. The van der Waals surface area contributed by atoms with Crippen LogP contribution in [0.25, 0.3) is 0 Å². The normalized spacial score (nSPS) is 12.8. The van der Waals surface area contributed by atoms with E-state index >= 15 is 0 Å². The first kappa shape index (κ1) is 28.6. The highest BCUT2D eigenvalue weighted by Crippen LogP contribution is 2.34. The van der Waals surface area contributed by atoms with Crippen LogP contribution in [0.4, 0.5) is 0 Å². The quantitative estimate of drug-likeness (QED) is 0.101. The number of aliphatic imine (C=N–C) groups is 1. The fraction of sp³-hybridized carbons (Fsp3) is 0.304. The first-order valence-corrected chi connectivity index (χ1v) is 13.0. The van der Waals surface area contributed by atoms with Crippen LogP contribution in [0.3, 0.4) is 0 Å². The number of amidine groups is 1. The Hall–Kier alpha value is -2.67. The van der Waals surface area contributed by atoms with Crippen LogP contribution in [0.2, 0.25) is 0 Å². The standard InChI is InChI=1S/C23H29N7O2S3/c1-6-28-35-22(24-5)29-21(32)20(15(2)3)19(10-7-16(4)33-23-26-14-27-30-23)34-18-9-8-17(11-12-31)25-13-18/h6-10,13-14,31H,11-12H2,1-5H3,(H,24,29,32)(H,26,27,30)/b16-7+,19-10+,28-6+. The summed E-state index contributed by atoms with van der Waals surface area (Å²) in [5.74, 6) is -0.276. The highest BCUT2D eigenvalue weighted by Gasteiger charge is 2.19. The summed E-state index contributed by atoms with van der Waals surface area (Å²) >= 11 is 3.98. The molecule has 2 aromatic rings. The average Bonchev–Trinajstić information content (AvgIpc) is 3.34. The Balaban J connectivity index is 2.40. The van der Waals surface area contributed by atoms with E-state index in [0.29, 0.717) is 22.3 Å². The zero-order valence-corrected chi connectivity index (χ0v) is 22.7. The molecule has 0 radical (unpaired) electrons. The Bertz CT molecular complexity index is 1120. The molecule has 0 fully saturated rings. The Labute approximate surface area is 218 Å². The van der Waals surface area contributed by atoms with E-state index in [1.165, 1.54) is 29.9 Å². The number of nitrogens with one attached hydrogen (secondary N) is 2. The zero-order valence-electron chi connectivity index (χ0n) is 20.3. The molecule has 0 aliphatic carbocycles. The van der Waals surface area contributed by atoms with Crippen molar-refractivity contribution in [2.45, 2.75) is 44.2 Å². The van der Waals surface area contributed by atoms with E-state index < -0.39 is 0 Å². The van der Waals surface area contributed by atoms with E-state index in [1.807, 2.05) is 45.1 Å². The Morgan fingerprint density at radius 3 is 2.57 bits per heavy atom. The predicted octanol–water partition coefficient (Wildman–Crippen LogP) is 4.58. The van der Waals surface area contributed by atoms with Gasteiger partial charge in [-0.05, 0) is 50.8 Å². The third-order valence-electron chi connectivity index (χ3n) is 4.15. The van der Waals surface area contributed by atoms with Crippen molar-refractivity contribution in [1.82, 2.24) is 25.5 Å². The van der Waals surface area contributed by atoms with Gasteiger partial charge in [-0.1, -0.05) is 35.2 Å². The molecule has 0 aliphatic heterocycles. The number of nitrogens with zero attached hydrogens (tertiary/aromatic N) is 5. The minimum Gasteiger partial charge on any atom is -0.396 e. The predicted molar refractivity (Wildman–Crippen MR) is 147 cm³/mol. The molecule has 2 rings (SSSR count). The number of pyridine rings is 1. The Morgan fingerprint density at radius 2 is 2.00 bits per heavy atom. The van der Waals surface area contributed by atoms with E-state index in [2.05, 4.69) is 34.9 Å². The van der Waals surface area contributed by atoms with Crippen LogP contribution in [0.1, 0.15) is 33.4 Å². The van der Waals surface area contributed by atoms with Crippen molar-refractivity contribution < 1.29 is 9.90 Å². The van der Waals surface area contributed by atoms with Crippen molar-refractivity contribution in [3.8, 4) is 0 Å². The monoisotopic (exact) mass is 531 g/mol. The molecule has 0 atom stereocenters. The van der Waals surface area contributed by atoms with Crippen LogP contribution in [0.15, 0.2) is 77.2 Å². The number of hydrogen-bond acceptors (Lipinski definition) is 10. The Morgan fingerprint density at radius 1 is 1.20 bits per heavy atom. The highest BCUT2D eigenvalue weighted by atomic mass is 32.2. The van der Waals surface area contributed by atoms with Gasteiger partial charge < -0.3 is 5.11 Å². The lowest BCUT2D eigenvalue weighted by atomic mass is 10.1. The van der Waals surface area contributed by atoms with Gasteiger partial charge >= 0.3 is 0 Å². The second-order valence-corrected chi connectivity index (χ2v) is 10.2. The number of allylic oxidation sites excluding steroid dienone is 4. The maximum absolute atomic E-state index is 13.3. The fourth-order valence-corrected chi connectivity index (χ4v) is 4.71. The van der Waals surface area contributed by atoms with Crippen molar-refractivity contribution in [3.63, 3.8) is 0 Å². The van der Waals surface area contributed by atoms with E-state index in [0.717, 1.165) is 37.9 Å². The molecule has 0 aliphatic rings. The number of hydrogen-bond donors (Lipinski definition) is 3. The topological polar surface area (TPSA) is 129 Å². The van der Waals surface area contributed by atoms with Gasteiger partial charge in [0.2, 0.25) is 0 Å². The van der Waals surface area contributed by atoms with Crippen LogP contribution < -0.4 is 5.32 Å². The van der Waals surface area contributed by atoms with Crippen molar-refractivity contribution in [1.29, 1.82) is 0 Å². The summed E-state index contributed by atoms with van der Waals surface area (Å²) in [6, 6.07) is 3.81. The molecule has 0 spiro atoms. The summed E-state index contributed by atoms with van der Waals surface area (Å²) in [6.45, 7) is 7.59. The molecular formula is C23H29N7O2S3. The Kier molecular flexibility index (Phi) is 12.5. The molecular weight excluding hydrogens is 503 g/mol. The van der Waals surface area contributed by atoms with Gasteiger partial charge in [-0.25, -0.2) is 9.38 Å². The first-order chi connectivity index (χ1) is 16.9. The van der Waals surface area contributed by atoms with Gasteiger partial charge in [-0.2, -0.15) is 5.10 Å². The van der Waals surface area contributed by atoms with Gasteiger partial charge in [-0.15, -0.1) is 0 Å². The third-order valence-corrected chi connectivity index (χ3v) is 6.81. The number of aromatic nitrogens is 4. The van der Waals surface area contributed by atoms with E-state index in [9.17, 15) is 4.79 Å². The summed E-state index contributed by atoms with van der Waals surface area (Å²) in [7, 11) is 1.61. The maximum atomic E-state index is 13.3.